The van der Waals surface area contributed by atoms with Gasteiger partial charge < -0.3 is 10.1 Å². The lowest BCUT2D eigenvalue weighted by atomic mass is 10.1. The Morgan fingerprint density at radius 2 is 1.89 bits per heavy atom. The van der Waals surface area contributed by atoms with Gasteiger partial charge in [-0.1, -0.05) is 24.3 Å². The minimum absolute atomic E-state index is 0.187. The van der Waals surface area contributed by atoms with Crippen LogP contribution in [0.2, 0.25) is 0 Å². The van der Waals surface area contributed by atoms with E-state index in [1.807, 2.05) is 38.1 Å². The summed E-state index contributed by atoms with van der Waals surface area (Å²) in [6.45, 7) is 5.36. The minimum atomic E-state index is -3.59. The summed E-state index contributed by atoms with van der Waals surface area (Å²) in [5.74, 6) is -0.234. The van der Waals surface area contributed by atoms with Crippen molar-refractivity contribution in [2.75, 3.05) is 19.8 Å². The molecule has 144 valence electrons. The normalized spacial score (nSPS) is 18.2. The highest BCUT2D eigenvalue weighted by Crippen LogP contribution is 2.21. The predicted molar refractivity (Wildman–Crippen MR) is 103 cm³/mol. The average Bonchev–Trinajstić information content (AvgIpc) is 2.67. The number of benzene rings is 2. The van der Waals surface area contributed by atoms with Crippen LogP contribution in [0.25, 0.3) is 0 Å². The fourth-order valence-corrected chi connectivity index (χ4v) is 4.67. The second-order valence-electron chi connectivity index (χ2n) is 6.67. The maximum absolute atomic E-state index is 12.8. The van der Waals surface area contributed by atoms with Crippen LogP contribution in [0, 0.1) is 6.92 Å². The zero-order valence-corrected chi connectivity index (χ0v) is 16.3. The number of ether oxygens (including phenoxy) is 1. The Balaban J connectivity index is 1.69. The average molecular weight is 388 g/mol. The molecule has 0 spiro atoms. The minimum Gasteiger partial charge on any atom is -0.378 e. The highest BCUT2D eigenvalue weighted by atomic mass is 32.2. The van der Waals surface area contributed by atoms with Gasteiger partial charge in [0.15, 0.2) is 0 Å². The van der Waals surface area contributed by atoms with E-state index in [9.17, 15) is 13.2 Å². The topological polar surface area (TPSA) is 75.7 Å². The van der Waals surface area contributed by atoms with E-state index < -0.39 is 10.0 Å². The van der Waals surface area contributed by atoms with Crippen molar-refractivity contribution in [1.29, 1.82) is 0 Å². The number of amides is 1. The summed E-state index contributed by atoms with van der Waals surface area (Å²) in [7, 11) is -3.59. The van der Waals surface area contributed by atoms with Gasteiger partial charge >= 0.3 is 0 Å². The van der Waals surface area contributed by atoms with Gasteiger partial charge in [0.05, 0.1) is 18.1 Å². The van der Waals surface area contributed by atoms with E-state index in [4.69, 9.17) is 4.74 Å². The zero-order valence-electron chi connectivity index (χ0n) is 15.5. The summed E-state index contributed by atoms with van der Waals surface area (Å²) in [4.78, 5) is 12.5. The van der Waals surface area contributed by atoms with Gasteiger partial charge in [-0.05, 0) is 49.2 Å². The largest absolute Gasteiger partial charge is 0.378 e. The van der Waals surface area contributed by atoms with E-state index in [1.165, 1.54) is 16.4 Å². The number of aryl methyl sites for hydroxylation is 1. The maximum Gasteiger partial charge on any atom is 0.251 e. The molecule has 7 heteroatoms. The molecule has 6 nitrogen and oxygen atoms in total. The first-order chi connectivity index (χ1) is 12.9. The molecule has 1 unspecified atom stereocenters. The Labute approximate surface area is 160 Å². The number of carbonyl (C=O) groups excluding carboxylic acids is 1. The van der Waals surface area contributed by atoms with Crippen LogP contribution >= 0.6 is 0 Å². The second-order valence-corrected chi connectivity index (χ2v) is 8.56. The SMILES string of the molecule is Cc1ccccc1CNC(=O)c1ccc(S(=O)(=O)N2CCOCC2C)cc1. The number of rotatable bonds is 5. The van der Waals surface area contributed by atoms with E-state index in [-0.39, 0.29) is 16.8 Å². The third-order valence-corrected chi connectivity index (χ3v) is 6.76. The fourth-order valence-electron chi connectivity index (χ4n) is 3.07. The number of hydrogen-bond donors (Lipinski definition) is 1. The van der Waals surface area contributed by atoms with Crippen LogP contribution in [-0.4, -0.2) is 44.4 Å². The molecule has 1 aliphatic heterocycles. The maximum atomic E-state index is 12.8. The molecule has 1 heterocycles. The lowest BCUT2D eigenvalue weighted by Crippen LogP contribution is -2.46. The van der Waals surface area contributed by atoms with Gasteiger partial charge in [-0.3, -0.25) is 4.79 Å². The molecular formula is C20H24N2O4S. The van der Waals surface area contributed by atoms with Crippen molar-refractivity contribution in [2.45, 2.75) is 31.3 Å². The molecule has 0 bridgehead atoms. The standard InChI is InChI=1S/C20H24N2O4S/c1-15-5-3-4-6-18(15)13-21-20(23)17-7-9-19(10-8-17)27(24,25)22-11-12-26-14-16(22)2/h3-10,16H,11-14H2,1-2H3,(H,21,23). The summed E-state index contributed by atoms with van der Waals surface area (Å²) < 4.78 is 32.3. The third-order valence-electron chi connectivity index (χ3n) is 4.73. The van der Waals surface area contributed by atoms with Gasteiger partial charge in [0.1, 0.15) is 0 Å². The van der Waals surface area contributed by atoms with Crippen LogP contribution in [0.4, 0.5) is 0 Å². The van der Waals surface area contributed by atoms with Crippen molar-refractivity contribution in [2.24, 2.45) is 0 Å². The van der Waals surface area contributed by atoms with Crippen molar-refractivity contribution in [3.63, 3.8) is 0 Å². The molecule has 1 fully saturated rings. The van der Waals surface area contributed by atoms with Crippen LogP contribution in [0.1, 0.15) is 28.4 Å². The van der Waals surface area contributed by atoms with Gasteiger partial charge in [0.2, 0.25) is 10.0 Å². The van der Waals surface area contributed by atoms with Crippen molar-refractivity contribution < 1.29 is 17.9 Å². The molecule has 0 radical (unpaired) electrons. The number of morpholine rings is 1. The van der Waals surface area contributed by atoms with Gasteiger partial charge in [-0.15, -0.1) is 0 Å². The van der Waals surface area contributed by atoms with Crippen molar-refractivity contribution >= 4 is 15.9 Å². The van der Waals surface area contributed by atoms with Crippen molar-refractivity contribution in [3.8, 4) is 0 Å². The molecule has 1 amide bonds. The number of hydrogen-bond acceptors (Lipinski definition) is 4. The van der Waals surface area contributed by atoms with E-state index in [0.717, 1.165) is 11.1 Å². The zero-order chi connectivity index (χ0) is 19.4. The first-order valence-electron chi connectivity index (χ1n) is 8.92. The molecule has 3 rings (SSSR count). The van der Waals surface area contributed by atoms with Crippen LogP contribution in [0.15, 0.2) is 53.4 Å². The van der Waals surface area contributed by atoms with E-state index >= 15 is 0 Å². The summed E-state index contributed by atoms with van der Waals surface area (Å²) in [6, 6.07) is 13.7. The van der Waals surface area contributed by atoms with Gasteiger partial charge in [0, 0.05) is 24.7 Å². The molecular weight excluding hydrogens is 364 g/mol. The van der Waals surface area contributed by atoms with Crippen LogP contribution in [0.5, 0.6) is 0 Å². The molecule has 0 aromatic heterocycles. The summed E-state index contributed by atoms with van der Waals surface area (Å²) >= 11 is 0. The molecule has 0 aliphatic carbocycles. The second kappa shape index (κ2) is 8.21. The Morgan fingerprint density at radius 3 is 2.56 bits per heavy atom. The van der Waals surface area contributed by atoms with Crippen LogP contribution in [0.3, 0.4) is 0 Å². The molecule has 1 aliphatic rings. The highest BCUT2D eigenvalue weighted by molar-refractivity contribution is 7.89. The smallest absolute Gasteiger partial charge is 0.251 e. The summed E-state index contributed by atoms with van der Waals surface area (Å²) in [5.41, 5.74) is 2.59. The Morgan fingerprint density at radius 1 is 1.19 bits per heavy atom. The number of nitrogens with zero attached hydrogens (tertiary/aromatic N) is 1. The van der Waals surface area contributed by atoms with Crippen LogP contribution < -0.4 is 5.32 Å². The third kappa shape index (κ3) is 4.37. The van der Waals surface area contributed by atoms with Gasteiger partial charge in [-0.25, -0.2) is 8.42 Å². The monoisotopic (exact) mass is 388 g/mol. The lowest BCUT2D eigenvalue weighted by Gasteiger charge is -2.32. The molecule has 1 saturated heterocycles. The number of sulfonamides is 1. The first kappa shape index (κ1) is 19.5. The highest BCUT2D eigenvalue weighted by Gasteiger charge is 2.31. The molecule has 27 heavy (non-hydrogen) atoms. The van der Waals surface area contributed by atoms with Gasteiger partial charge in [0.25, 0.3) is 5.91 Å². The van der Waals surface area contributed by atoms with Crippen LogP contribution in [-0.2, 0) is 21.3 Å². The van der Waals surface area contributed by atoms with Crippen molar-refractivity contribution in [1.82, 2.24) is 9.62 Å². The number of nitrogens with one attached hydrogen (secondary N) is 1. The molecule has 1 N–H and O–H groups in total. The predicted octanol–water partition coefficient (Wildman–Crippen LogP) is 2.33. The first-order valence-corrected chi connectivity index (χ1v) is 10.4. The Kier molecular flexibility index (Phi) is 5.94. The van der Waals surface area contributed by atoms with Gasteiger partial charge in [-0.2, -0.15) is 4.31 Å². The molecule has 2 aromatic rings. The van der Waals surface area contributed by atoms with E-state index in [2.05, 4.69) is 5.32 Å². The molecule has 0 saturated carbocycles. The molecule has 1 atom stereocenters. The summed E-state index contributed by atoms with van der Waals surface area (Å²) in [5, 5.41) is 2.87. The van der Waals surface area contributed by atoms with E-state index in [0.29, 0.717) is 31.9 Å². The Bertz CT molecular complexity index is 910. The fraction of sp³-hybridized carbons (Fsp3) is 0.350. The lowest BCUT2D eigenvalue weighted by molar-refractivity contribution is 0.0393. The van der Waals surface area contributed by atoms with E-state index in [1.54, 1.807) is 12.1 Å². The summed E-state index contributed by atoms with van der Waals surface area (Å²) in [6.07, 6.45) is 0. The Hall–Kier alpha value is -2.22. The van der Waals surface area contributed by atoms with Crippen molar-refractivity contribution in [3.05, 3.63) is 65.2 Å². The quantitative estimate of drug-likeness (QED) is 0.853. The number of carbonyl (C=O) groups is 1. The molecule has 2 aromatic carbocycles.